The third-order valence-electron chi connectivity index (χ3n) is 6.96. The molecule has 40 heavy (non-hydrogen) atoms. The quantitative estimate of drug-likeness (QED) is 0.140. The monoisotopic (exact) mass is 533 g/mol. The minimum absolute atomic E-state index is 0.00733. The van der Waals surface area contributed by atoms with E-state index < -0.39 is 5.91 Å². The molecule has 0 radical (unpaired) electrons. The molecule has 202 valence electrons. The number of nitrogens with zero attached hydrogens (tertiary/aromatic N) is 2. The summed E-state index contributed by atoms with van der Waals surface area (Å²) >= 11 is 0. The second-order valence-electron chi connectivity index (χ2n) is 9.83. The number of Topliss-reactive ketones (excluding diaryl/α,β-unsaturated/α-hetero) is 1. The average Bonchev–Trinajstić information content (AvgIpc) is 3.45. The third-order valence-corrected chi connectivity index (χ3v) is 6.96. The van der Waals surface area contributed by atoms with Crippen molar-refractivity contribution in [1.29, 1.82) is 0 Å². The highest BCUT2D eigenvalue weighted by atomic mass is 16.3. The first-order valence-electron chi connectivity index (χ1n) is 13.3. The molecular weight excluding hydrogens is 502 g/mol. The van der Waals surface area contributed by atoms with Gasteiger partial charge in [0.1, 0.15) is 17.1 Å². The van der Waals surface area contributed by atoms with E-state index in [-0.39, 0.29) is 17.3 Å². The van der Waals surface area contributed by atoms with Crippen LogP contribution in [0.3, 0.4) is 0 Å². The van der Waals surface area contributed by atoms with Gasteiger partial charge in [-0.1, -0.05) is 48.0 Å². The fourth-order valence-corrected chi connectivity index (χ4v) is 4.64. The number of benzene rings is 3. The fraction of sp³-hybridized carbons (Fsp3) is 0.182. The Morgan fingerprint density at radius 1 is 0.800 bits per heavy atom. The van der Waals surface area contributed by atoms with Crippen molar-refractivity contribution in [1.82, 2.24) is 4.90 Å². The van der Waals surface area contributed by atoms with Crippen molar-refractivity contribution in [2.75, 3.05) is 36.4 Å². The van der Waals surface area contributed by atoms with Gasteiger partial charge in [0.2, 0.25) is 0 Å². The van der Waals surface area contributed by atoms with Gasteiger partial charge in [-0.15, -0.1) is 0 Å². The predicted octanol–water partition coefficient (Wildman–Crippen LogP) is 5.83. The van der Waals surface area contributed by atoms with E-state index >= 15 is 0 Å². The molecule has 1 saturated heterocycles. The van der Waals surface area contributed by atoms with Crippen molar-refractivity contribution in [3.8, 4) is 11.3 Å². The van der Waals surface area contributed by atoms with Crippen LogP contribution >= 0.6 is 0 Å². The smallest absolute Gasteiger partial charge is 0.261 e. The number of hydrogen-bond acceptors (Lipinski definition) is 5. The maximum absolute atomic E-state index is 13.7. The minimum Gasteiger partial charge on any atom is -0.457 e. The first kappa shape index (κ1) is 26.7. The molecular formula is C33H31N3O4. The maximum atomic E-state index is 13.7. The van der Waals surface area contributed by atoms with Crippen LogP contribution in [0.5, 0.6) is 0 Å². The van der Waals surface area contributed by atoms with E-state index in [9.17, 15) is 14.4 Å². The number of nitrogens with one attached hydrogen (secondary N) is 1. The van der Waals surface area contributed by atoms with Crippen molar-refractivity contribution < 1.29 is 18.8 Å². The Labute approximate surface area is 233 Å². The Bertz CT molecular complexity index is 1530. The highest BCUT2D eigenvalue weighted by molar-refractivity contribution is 6.25. The summed E-state index contributed by atoms with van der Waals surface area (Å²) in [5.74, 6) is 0.259. The molecule has 1 aliphatic rings. The van der Waals surface area contributed by atoms with Gasteiger partial charge in [-0.2, -0.15) is 0 Å². The number of para-hydroxylation sites is 1. The molecule has 1 aromatic heterocycles. The normalized spacial score (nSPS) is 13.7. The molecule has 2 heterocycles. The Kier molecular flexibility index (Phi) is 7.92. The molecule has 0 spiro atoms. The summed E-state index contributed by atoms with van der Waals surface area (Å²) in [4.78, 5) is 42.6. The third kappa shape index (κ3) is 6.21. The highest BCUT2D eigenvalue weighted by Gasteiger charge is 2.28. The summed E-state index contributed by atoms with van der Waals surface area (Å²) < 4.78 is 6.02. The number of aryl methyl sites for hydroxylation is 1. The first-order valence-corrected chi connectivity index (χ1v) is 13.3. The summed E-state index contributed by atoms with van der Waals surface area (Å²) in [6, 6.07) is 28.1. The minimum atomic E-state index is -0.494. The molecule has 1 fully saturated rings. The highest BCUT2D eigenvalue weighted by Crippen LogP contribution is 2.25. The van der Waals surface area contributed by atoms with Crippen LogP contribution in [0.2, 0.25) is 0 Å². The zero-order valence-electron chi connectivity index (χ0n) is 22.6. The van der Waals surface area contributed by atoms with Crippen LogP contribution in [0.25, 0.3) is 17.4 Å². The number of amides is 2. The topological polar surface area (TPSA) is 82.9 Å². The van der Waals surface area contributed by atoms with Crippen LogP contribution in [-0.2, 0) is 9.59 Å². The molecule has 5 rings (SSSR count). The summed E-state index contributed by atoms with van der Waals surface area (Å²) in [6.07, 6.45) is 1.52. The number of furan rings is 1. The zero-order valence-corrected chi connectivity index (χ0v) is 22.6. The number of ketones is 1. The van der Waals surface area contributed by atoms with E-state index in [4.69, 9.17) is 4.42 Å². The molecule has 0 atom stereocenters. The van der Waals surface area contributed by atoms with Gasteiger partial charge in [0.05, 0.1) is 0 Å². The summed E-state index contributed by atoms with van der Waals surface area (Å²) in [6.45, 7) is 5.69. The average molecular weight is 534 g/mol. The lowest BCUT2D eigenvalue weighted by atomic mass is 10.1. The molecule has 4 aromatic rings. The molecule has 0 unspecified atom stereocenters. The second-order valence-corrected chi connectivity index (χ2v) is 9.83. The Balaban J connectivity index is 1.35. The van der Waals surface area contributed by atoms with Gasteiger partial charge in [0.15, 0.2) is 5.78 Å². The Morgan fingerprint density at radius 2 is 1.48 bits per heavy atom. The van der Waals surface area contributed by atoms with Crippen molar-refractivity contribution in [2.24, 2.45) is 0 Å². The van der Waals surface area contributed by atoms with E-state index in [0.29, 0.717) is 49.0 Å². The summed E-state index contributed by atoms with van der Waals surface area (Å²) in [5, 5.41) is 2.84. The van der Waals surface area contributed by atoms with Gasteiger partial charge in [0, 0.05) is 48.7 Å². The number of anilines is 2. The summed E-state index contributed by atoms with van der Waals surface area (Å²) in [7, 11) is 0. The van der Waals surface area contributed by atoms with Crippen LogP contribution < -0.4 is 10.2 Å². The lowest BCUT2D eigenvalue weighted by Crippen LogP contribution is -2.50. The van der Waals surface area contributed by atoms with Gasteiger partial charge >= 0.3 is 0 Å². The van der Waals surface area contributed by atoms with Crippen LogP contribution in [0, 0.1) is 6.92 Å². The predicted molar refractivity (Wildman–Crippen MR) is 157 cm³/mol. The molecule has 7 nitrogen and oxygen atoms in total. The lowest BCUT2D eigenvalue weighted by molar-refractivity contribution is -0.129. The van der Waals surface area contributed by atoms with Crippen LogP contribution in [0.1, 0.15) is 28.6 Å². The molecule has 3 aromatic carbocycles. The molecule has 2 amide bonds. The van der Waals surface area contributed by atoms with Crippen LogP contribution in [-0.4, -0.2) is 48.7 Å². The van der Waals surface area contributed by atoms with Gasteiger partial charge in [-0.05, 0) is 68.5 Å². The van der Waals surface area contributed by atoms with Crippen molar-refractivity contribution in [2.45, 2.75) is 13.8 Å². The largest absolute Gasteiger partial charge is 0.457 e. The molecule has 0 saturated carbocycles. The van der Waals surface area contributed by atoms with Crippen molar-refractivity contribution in [3.63, 3.8) is 0 Å². The number of piperazine rings is 1. The van der Waals surface area contributed by atoms with Crippen LogP contribution in [0.15, 0.2) is 101 Å². The zero-order chi connectivity index (χ0) is 28.1. The molecule has 1 aliphatic heterocycles. The van der Waals surface area contributed by atoms with Gasteiger partial charge < -0.3 is 19.5 Å². The Morgan fingerprint density at radius 3 is 2.12 bits per heavy atom. The van der Waals surface area contributed by atoms with E-state index in [2.05, 4.69) is 10.2 Å². The van der Waals surface area contributed by atoms with Crippen molar-refractivity contribution >= 4 is 35.0 Å². The number of carbonyl (C=O) groups is 3. The number of rotatable bonds is 7. The number of hydrogen-bond donors (Lipinski definition) is 1. The van der Waals surface area contributed by atoms with E-state index in [0.717, 1.165) is 16.8 Å². The van der Waals surface area contributed by atoms with Gasteiger partial charge in [-0.25, -0.2) is 0 Å². The Hall–Kier alpha value is -4.91. The molecule has 1 N–H and O–H groups in total. The lowest BCUT2D eigenvalue weighted by Gasteiger charge is -2.36. The maximum Gasteiger partial charge on any atom is 0.261 e. The molecule has 0 aliphatic carbocycles. The van der Waals surface area contributed by atoms with E-state index in [1.54, 1.807) is 30.0 Å². The molecule has 0 bridgehead atoms. The van der Waals surface area contributed by atoms with Gasteiger partial charge in [0.25, 0.3) is 11.8 Å². The summed E-state index contributed by atoms with van der Waals surface area (Å²) in [5.41, 5.74) is 4.33. The van der Waals surface area contributed by atoms with E-state index in [1.807, 2.05) is 79.7 Å². The molecule has 7 heteroatoms. The second kappa shape index (κ2) is 11.9. The van der Waals surface area contributed by atoms with Crippen LogP contribution in [0.4, 0.5) is 11.4 Å². The first-order chi connectivity index (χ1) is 19.4. The standard InChI is InChI=1S/C33H31N3O4/c1-23-8-10-26(11-9-23)31-17-16-29(40-31)22-30(32(38)34-27-6-4-3-5-7-27)33(39)36-20-18-35(19-21-36)28-14-12-25(13-15-28)24(2)37/h3-17,22H,18-21H2,1-2H3,(H,34,38). The SMILES string of the molecule is CC(=O)c1ccc(N2CCN(C(=O)C(=Cc3ccc(-c4ccc(C)cc4)o3)C(=O)Nc3ccccc3)CC2)cc1. The van der Waals surface area contributed by atoms with E-state index in [1.165, 1.54) is 6.08 Å². The van der Waals surface area contributed by atoms with Crippen molar-refractivity contribution in [3.05, 3.63) is 113 Å². The number of carbonyl (C=O) groups excluding carboxylic acids is 3. The fourth-order valence-electron chi connectivity index (χ4n) is 4.64. The van der Waals surface area contributed by atoms with Gasteiger partial charge in [-0.3, -0.25) is 14.4 Å².